The quantitative estimate of drug-likeness (QED) is 0.790. The molecule has 3 heterocycles. The lowest BCUT2D eigenvalue weighted by molar-refractivity contribution is 0.118. The van der Waals surface area contributed by atoms with Gasteiger partial charge in [0, 0.05) is 30.2 Å². The molecule has 9 heteroatoms. The van der Waals surface area contributed by atoms with Gasteiger partial charge in [0.2, 0.25) is 0 Å². The number of aromatic nitrogens is 4. The van der Waals surface area contributed by atoms with Crippen LogP contribution in [0.4, 0.5) is 0 Å². The molecule has 1 aliphatic heterocycles. The van der Waals surface area contributed by atoms with Crippen molar-refractivity contribution in [2.45, 2.75) is 57.7 Å². The van der Waals surface area contributed by atoms with E-state index in [4.69, 9.17) is 4.74 Å². The lowest BCUT2D eigenvalue weighted by Crippen LogP contribution is -2.44. The number of hydrogen-bond acceptors (Lipinski definition) is 6. The minimum Gasteiger partial charge on any atom is -0.459 e. The number of piperidine rings is 1. The van der Waals surface area contributed by atoms with Crippen LogP contribution in [0.15, 0.2) is 23.6 Å². The third kappa shape index (κ3) is 4.04. The van der Waals surface area contributed by atoms with Gasteiger partial charge in [-0.3, -0.25) is 0 Å². The fourth-order valence-corrected chi connectivity index (χ4v) is 4.41. The van der Waals surface area contributed by atoms with E-state index in [1.807, 2.05) is 33.8 Å². The zero-order valence-corrected chi connectivity index (χ0v) is 16.4. The first-order valence-electron chi connectivity index (χ1n) is 8.78. The van der Waals surface area contributed by atoms with E-state index >= 15 is 0 Å². The van der Waals surface area contributed by atoms with Crippen molar-refractivity contribution >= 4 is 10.0 Å². The molecule has 0 aliphatic carbocycles. The fourth-order valence-electron chi connectivity index (χ4n) is 2.98. The van der Waals surface area contributed by atoms with E-state index in [1.54, 1.807) is 17.1 Å². The number of aryl methyl sites for hydroxylation is 2. The van der Waals surface area contributed by atoms with Crippen LogP contribution in [0.5, 0.6) is 6.01 Å². The van der Waals surface area contributed by atoms with Crippen LogP contribution in [0, 0.1) is 13.8 Å². The summed E-state index contributed by atoms with van der Waals surface area (Å²) in [7, 11) is -3.64. The van der Waals surface area contributed by atoms with Crippen molar-refractivity contribution in [1.82, 2.24) is 23.8 Å². The molecule has 0 spiro atoms. The van der Waals surface area contributed by atoms with Gasteiger partial charge in [-0.1, -0.05) is 0 Å². The van der Waals surface area contributed by atoms with Gasteiger partial charge in [-0.05, 0) is 46.6 Å². The maximum atomic E-state index is 12.9. The first-order chi connectivity index (χ1) is 12.3. The second kappa shape index (κ2) is 7.32. The van der Waals surface area contributed by atoms with E-state index in [0.717, 1.165) is 24.2 Å². The zero-order chi connectivity index (χ0) is 18.9. The highest BCUT2D eigenvalue weighted by Gasteiger charge is 2.33. The highest BCUT2D eigenvalue weighted by atomic mass is 32.2. The van der Waals surface area contributed by atoms with E-state index in [2.05, 4.69) is 15.0 Å². The van der Waals surface area contributed by atoms with Crippen LogP contribution < -0.4 is 4.74 Å². The Morgan fingerprint density at radius 2 is 1.92 bits per heavy atom. The van der Waals surface area contributed by atoms with Crippen LogP contribution in [0.1, 0.15) is 44.1 Å². The van der Waals surface area contributed by atoms with Gasteiger partial charge in [0.1, 0.15) is 6.10 Å². The molecule has 0 bridgehead atoms. The Kier molecular flexibility index (Phi) is 5.29. The van der Waals surface area contributed by atoms with Crippen LogP contribution in [0.3, 0.4) is 0 Å². The van der Waals surface area contributed by atoms with Gasteiger partial charge in [0.05, 0.1) is 12.9 Å². The molecular weight excluding hydrogens is 354 g/mol. The molecule has 26 heavy (non-hydrogen) atoms. The average Bonchev–Trinajstić information content (AvgIpc) is 3.05. The normalized spacial score (nSPS) is 19.0. The van der Waals surface area contributed by atoms with E-state index < -0.39 is 10.0 Å². The molecule has 0 amide bonds. The first-order valence-corrected chi connectivity index (χ1v) is 10.2. The van der Waals surface area contributed by atoms with Gasteiger partial charge in [-0.15, -0.1) is 0 Å². The molecule has 0 unspecified atom stereocenters. The third-order valence-corrected chi connectivity index (χ3v) is 6.10. The molecule has 1 atom stereocenters. The van der Waals surface area contributed by atoms with Crippen LogP contribution in [0.2, 0.25) is 0 Å². The number of hydrogen-bond donors (Lipinski definition) is 0. The number of imidazole rings is 1. The maximum absolute atomic E-state index is 12.9. The summed E-state index contributed by atoms with van der Waals surface area (Å²) in [5.41, 5.74) is 1.65. The van der Waals surface area contributed by atoms with Crippen LogP contribution in [0.25, 0.3) is 0 Å². The van der Waals surface area contributed by atoms with Gasteiger partial charge in [-0.25, -0.2) is 23.4 Å². The number of sulfonamides is 1. The molecule has 8 nitrogen and oxygen atoms in total. The molecule has 2 aromatic heterocycles. The zero-order valence-electron chi connectivity index (χ0n) is 15.6. The molecule has 2 aromatic rings. The second-order valence-electron chi connectivity index (χ2n) is 6.93. The van der Waals surface area contributed by atoms with Crippen molar-refractivity contribution in [2.24, 2.45) is 0 Å². The van der Waals surface area contributed by atoms with Gasteiger partial charge >= 0.3 is 6.01 Å². The molecule has 0 saturated carbocycles. The van der Waals surface area contributed by atoms with E-state index in [-0.39, 0.29) is 23.7 Å². The van der Waals surface area contributed by atoms with Crippen molar-refractivity contribution in [2.75, 3.05) is 13.1 Å². The summed E-state index contributed by atoms with van der Waals surface area (Å²) >= 11 is 0. The van der Waals surface area contributed by atoms with Crippen molar-refractivity contribution in [3.05, 3.63) is 30.0 Å². The summed E-state index contributed by atoms with van der Waals surface area (Å²) in [4.78, 5) is 12.6. The van der Waals surface area contributed by atoms with E-state index in [9.17, 15) is 8.42 Å². The Morgan fingerprint density at radius 3 is 2.54 bits per heavy atom. The Balaban J connectivity index is 1.74. The van der Waals surface area contributed by atoms with Crippen molar-refractivity contribution in [1.29, 1.82) is 0 Å². The summed E-state index contributed by atoms with van der Waals surface area (Å²) < 4.78 is 34.9. The van der Waals surface area contributed by atoms with Gasteiger partial charge < -0.3 is 9.30 Å². The first kappa shape index (κ1) is 18.8. The lowest BCUT2D eigenvalue weighted by Gasteiger charge is -2.31. The highest BCUT2D eigenvalue weighted by Crippen LogP contribution is 2.22. The van der Waals surface area contributed by atoms with Gasteiger partial charge in [0.25, 0.3) is 10.0 Å². The molecule has 142 valence electrons. The topological polar surface area (TPSA) is 90.2 Å². The standard InChI is InChI=1S/C17H25N5O3S/c1-12(2)21-10-16(18-11-21)26(23,24)22-7-5-6-15(9-22)25-17-19-13(3)8-14(4)20-17/h8,10-12,15H,5-7,9H2,1-4H3/t15-/m0/s1. The maximum Gasteiger partial charge on any atom is 0.317 e. The fraction of sp³-hybridized carbons (Fsp3) is 0.588. The van der Waals surface area contributed by atoms with Crippen molar-refractivity contribution < 1.29 is 13.2 Å². The summed E-state index contributed by atoms with van der Waals surface area (Å²) in [6.07, 6.45) is 4.35. The molecule has 0 radical (unpaired) electrons. The van der Waals surface area contributed by atoms with Gasteiger partial charge in [0.15, 0.2) is 5.03 Å². The Labute approximate surface area is 154 Å². The number of nitrogens with zero attached hydrogens (tertiary/aromatic N) is 5. The monoisotopic (exact) mass is 379 g/mol. The molecule has 1 fully saturated rings. The molecular formula is C17H25N5O3S. The third-order valence-electron chi connectivity index (χ3n) is 4.35. The molecule has 0 N–H and O–H groups in total. The Bertz CT molecular complexity index is 858. The largest absolute Gasteiger partial charge is 0.459 e. The second-order valence-corrected chi connectivity index (χ2v) is 8.82. The Hall–Kier alpha value is -2.00. The molecule has 1 saturated heterocycles. The molecule has 0 aromatic carbocycles. The minimum atomic E-state index is -3.64. The summed E-state index contributed by atoms with van der Waals surface area (Å²) in [5, 5.41) is 0.0782. The lowest BCUT2D eigenvalue weighted by atomic mass is 10.1. The SMILES string of the molecule is Cc1cc(C)nc(O[C@H]2CCCN(S(=O)(=O)c3cn(C(C)C)cn3)C2)n1. The number of ether oxygens (including phenoxy) is 1. The smallest absolute Gasteiger partial charge is 0.317 e. The van der Waals surface area contributed by atoms with Crippen LogP contribution >= 0.6 is 0 Å². The highest BCUT2D eigenvalue weighted by molar-refractivity contribution is 7.89. The average molecular weight is 379 g/mol. The van der Waals surface area contributed by atoms with Gasteiger partial charge in [-0.2, -0.15) is 4.31 Å². The Morgan fingerprint density at radius 1 is 1.23 bits per heavy atom. The summed E-state index contributed by atoms with van der Waals surface area (Å²) in [5.74, 6) is 0. The predicted octanol–water partition coefficient (Wildman–Crippen LogP) is 2.10. The summed E-state index contributed by atoms with van der Waals surface area (Å²) in [6.45, 7) is 8.45. The summed E-state index contributed by atoms with van der Waals surface area (Å²) in [6, 6.07) is 2.33. The van der Waals surface area contributed by atoms with Crippen LogP contribution in [-0.2, 0) is 10.0 Å². The van der Waals surface area contributed by atoms with Crippen molar-refractivity contribution in [3.63, 3.8) is 0 Å². The molecule has 3 rings (SSSR count). The van der Waals surface area contributed by atoms with E-state index in [0.29, 0.717) is 12.6 Å². The van der Waals surface area contributed by atoms with Crippen LogP contribution in [-0.4, -0.2) is 51.4 Å². The molecule has 1 aliphatic rings. The van der Waals surface area contributed by atoms with E-state index in [1.165, 1.54) is 4.31 Å². The predicted molar refractivity (Wildman–Crippen MR) is 96.5 cm³/mol. The number of rotatable bonds is 5. The van der Waals surface area contributed by atoms with Crippen molar-refractivity contribution in [3.8, 4) is 6.01 Å². The minimum absolute atomic E-state index is 0.0782.